The van der Waals surface area contributed by atoms with Crippen LogP contribution in [0.5, 0.6) is 0 Å². The quantitative estimate of drug-likeness (QED) is 0.576. The number of aliphatic hydroxyl groups is 1. The molecule has 1 aliphatic heterocycles. The Hall–Kier alpha value is -1.26. The second kappa shape index (κ2) is 3.40. The Bertz CT molecular complexity index is 391. The van der Waals surface area contributed by atoms with Gasteiger partial charge in [0.1, 0.15) is 6.10 Å². The van der Waals surface area contributed by atoms with Crippen molar-refractivity contribution >= 4 is 11.6 Å². The summed E-state index contributed by atoms with van der Waals surface area (Å²) in [6.07, 6.45) is 0.540. The van der Waals surface area contributed by atoms with Gasteiger partial charge in [0.05, 0.1) is 12.2 Å². The zero-order chi connectivity index (χ0) is 11.2. The lowest BCUT2D eigenvalue weighted by atomic mass is 9.84. The van der Waals surface area contributed by atoms with Crippen molar-refractivity contribution < 1.29 is 19.4 Å². The van der Waals surface area contributed by atoms with Gasteiger partial charge in [-0.25, -0.2) is 0 Å². The van der Waals surface area contributed by atoms with Gasteiger partial charge in [-0.05, 0) is 26.0 Å². The molecule has 0 aromatic rings. The second-order valence-electron chi connectivity index (χ2n) is 3.82. The molecular weight excluding hydrogens is 196 g/mol. The van der Waals surface area contributed by atoms with Gasteiger partial charge in [0.15, 0.2) is 11.6 Å². The van der Waals surface area contributed by atoms with Crippen LogP contribution in [0.2, 0.25) is 0 Å². The van der Waals surface area contributed by atoms with E-state index in [4.69, 9.17) is 4.74 Å². The van der Waals surface area contributed by atoms with Gasteiger partial charge < -0.3 is 9.84 Å². The van der Waals surface area contributed by atoms with E-state index >= 15 is 0 Å². The number of aliphatic hydroxyl groups excluding tert-OH is 1. The van der Waals surface area contributed by atoms with Crippen LogP contribution in [0.15, 0.2) is 23.3 Å². The van der Waals surface area contributed by atoms with E-state index in [1.54, 1.807) is 13.8 Å². The van der Waals surface area contributed by atoms with Crippen molar-refractivity contribution in [2.24, 2.45) is 0 Å². The Morgan fingerprint density at radius 2 is 1.67 bits per heavy atom. The molecule has 2 aliphatic rings. The van der Waals surface area contributed by atoms with E-state index in [9.17, 15) is 14.7 Å². The zero-order valence-corrected chi connectivity index (χ0v) is 8.56. The van der Waals surface area contributed by atoms with Crippen LogP contribution in [0.4, 0.5) is 0 Å². The molecule has 1 N–H and O–H groups in total. The topological polar surface area (TPSA) is 63.6 Å². The fourth-order valence-electron chi connectivity index (χ4n) is 2.02. The molecule has 1 heterocycles. The minimum atomic E-state index is -1.00. The first-order valence-corrected chi connectivity index (χ1v) is 4.86. The van der Waals surface area contributed by atoms with E-state index < -0.39 is 18.3 Å². The summed E-state index contributed by atoms with van der Waals surface area (Å²) in [6, 6.07) is 0. The van der Waals surface area contributed by atoms with Crippen LogP contribution in [0, 0.1) is 0 Å². The molecule has 4 heteroatoms. The summed E-state index contributed by atoms with van der Waals surface area (Å²) < 4.78 is 5.37. The maximum absolute atomic E-state index is 11.6. The minimum Gasteiger partial charge on any atom is -0.386 e. The van der Waals surface area contributed by atoms with Crippen molar-refractivity contribution in [2.45, 2.75) is 32.2 Å². The number of carbonyl (C=O) groups is 2. The molecule has 3 atom stereocenters. The van der Waals surface area contributed by atoms with Crippen LogP contribution in [0.25, 0.3) is 0 Å². The lowest BCUT2D eigenvalue weighted by Gasteiger charge is -2.34. The van der Waals surface area contributed by atoms with Gasteiger partial charge in [-0.2, -0.15) is 0 Å². The van der Waals surface area contributed by atoms with Gasteiger partial charge in [0.25, 0.3) is 0 Å². The third kappa shape index (κ3) is 1.46. The average molecular weight is 208 g/mol. The van der Waals surface area contributed by atoms with Gasteiger partial charge in [0, 0.05) is 11.1 Å². The maximum atomic E-state index is 11.6. The summed E-state index contributed by atoms with van der Waals surface area (Å²) in [4.78, 5) is 23.1. The van der Waals surface area contributed by atoms with Gasteiger partial charge >= 0.3 is 0 Å². The average Bonchev–Trinajstić information content (AvgIpc) is 2.18. The standard InChI is InChI=1S/C11H12O4/c1-5-9-7(12)3-4-8(13)10(9)11(14)6(2)15-5/h3-6,11,14H,1-2H3/t5-,6+,11+/m1/s1. The fraction of sp³-hybridized carbons (Fsp3) is 0.455. The van der Waals surface area contributed by atoms with Crippen molar-refractivity contribution in [3.63, 3.8) is 0 Å². The predicted octanol–water partition coefficient (Wildman–Crippen LogP) is 0.159. The Kier molecular flexibility index (Phi) is 2.32. The van der Waals surface area contributed by atoms with Crippen LogP contribution in [-0.4, -0.2) is 35.0 Å². The molecule has 0 spiro atoms. The molecule has 4 nitrogen and oxygen atoms in total. The Morgan fingerprint density at radius 1 is 1.13 bits per heavy atom. The van der Waals surface area contributed by atoms with Gasteiger partial charge in [-0.15, -0.1) is 0 Å². The highest BCUT2D eigenvalue weighted by Crippen LogP contribution is 2.30. The van der Waals surface area contributed by atoms with Gasteiger partial charge in [-0.3, -0.25) is 9.59 Å². The zero-order valence-electron chi connectivity index (χ0n) is 8.56. The first-order chi connectivity index (χ1) is 7.02. The molecule has 2 rings (SSSR count). The number of rotatable bonds is 0. The van der Waals surface area contributed by atoms with E-state index in [2.05, 4.69) is 0 Å². The number of hydrogen-bond acceptors (Lipinski definition) is 4. The molecular formula is C11H12O4. The number of hydrogen-bond donors (Lipinski definition) is 1. The molecule has 0 aromatic heterocycles. The molecule has 0 saturated carbocycles. The molecule has 0 aromatic carbocycles. The van der Waals surface area contributed by atoms with Gasteiger partial charge in [-0.1, -0.05) is 0 Å². The molecule has 0 bridgehead atoms. The third-order valence-electron chi connectivity index (χ3n) is 2.77. The monoisotopic (exact) mass is 208 g/mol. The Balaban J connectivity index is 2.54. The number of allylic oxidation sites excluding steroid dienone is 2. The highest BCUT2D eigenvalue weighted by Gasteiger charge is 2.39. The van der Waals surface area contributed by atoms with Crippen molar-refractivity contribution in [3.8, 4) is 0 Å². The van der Waals surface area contributed by atoms with Crippen LogP contribution in [0.3, 0.4) is 0 Å². The Morgan fingerprint density at radius 3 is 2.27 bits per heavy atom. The lowest BCUT2D eigenvalue weighted by molar-refractivity contribution is -0.122. The maximum Gasteiger partial charge on any atom is 0.185 e. The predicted molar refractivity (Wildman–Crippen MR) is 52.2 cm³/mol. The van der Waals surface area contributed by atoms with Crippen molar-refractivity contribution in [1.82, 2.24) is 0 Å². The molecule has 15 heavy (non-hydrogen) atoms. The first kappa shape index (κ1) is 10.3. The molecule has 0 saturated heterocycles. The molecule has 0 amide bonds. The van der Waals surface area contributed by atoms with E-state index in [0.29, 0.717) is 5.57 Å². The SMILES string of the molecule is C[C@@H]1O[C@H](C)C2=C(C(=O)C=CC2=O)[C@H]1O. The number of ether oxygens (including phenoxy) is 1. The van der Waals surface area contributed by atoms with E-state index in [0.717, 1.165) is 0 Å². The summed E-state index contributed by atoms with van der Waals surface area (Å²) in [5.41, 5.74) is 0.502. The molecule has 0 unspecified atom stereocenters. The summed E-state index contributed by atoms with van der Waals surface area (Å²) in [6.45, 7) is 3.39. The minimum absolute atomic E-state index is 0.203. The van der Waals surface area contributed by atoms with Crippen LogP contribution >= 0.6 is 0 Å². The number of ketones is 2. The van der Waals surface area contributed by atoms with Crippen LogP contribution in [0.1, 0.15) is 13.8 Å². The lowest BCUT2D eigenvalue weighted by Crippen LogP contribution is -2.43. The summed E-state index contributed by atoms with van der Waals surface area (Å²) in [5.74, 6) is -0.540. The van der Waals surface area contributed by atoms with E-state index in [1.165, 1.54) is 12.2 Å². The fourth-order valence-corrected chi connectivity index (χ4v) is 2.02. The molecule has 80 valence electrons. The summed E-state index contributed by atoms with van der Waals surface area (Å²) in [7, 11) is 0. The molecule has 1 aliphatic carbocycles. The molecule has 0 fully saturated rings. The first-order valence-electron chi connectivity index (χ1n) is 4.86. The largest absolute Gasteiger partial charge is 0.386 e. The summed E-state index contributed by atoms with van der Waals surface area (Å²) in [5, 5.41) is 9.79. The second-order valence-corrected chi connectivity index (χ2v) is 3.82. The highest BCUT2D eigenvalue weighted by molar-refractivity contribution is 6.21. The highest BCUT2D eigenvalue weighted by atomic mass is 16.5. The van der Waals surface area contributed by atoms with E-state index in [-0.39, 0.29) is 17.1 Å². The van der Waals surface area contributed by atoms with Crippen LogP contribution in [-0.2, 0) is 14.3 Å². The normalized spacial score (nSPS) is 35.8. The summed E-state index contributed by atoms with van der Waals surface area (Å²) >= 11 is 0. The van der Waals surface area contributed by atoms with Gasteiger partial charge in [0.2, 0.25) is 0 Å². The smallest absolute Gasteiger partial charge is 0.185 e. The van der Waals surface area contributed by atoms with Crippen molar-refractivity contribution in [3.05, 3.63) is 23.3 Å². The van der Waals surface area contributed by atoms with Crippen LogP contribution < -0.4 is 0 Å². The van der Waals surface area contributed by atoms with Crippen molar-refractivity contribution in [2.75, 3.05) is 0 Å². The Labute approximate surface area is 87.2 Å². The molecule has 0 radical (unpaired) electrons. The third-order valence-corrected chi connectivity index (χ3v) is 2.77. The van der Waals surface area contributed by atoms with E-state index in [1.807, 2.05) is 0 Å². The number of carbonyl (C=O) groups excluding carboxylic acids is 2. The van der Waals surface area contributed by atoms with Crippen molar-refractivity contribution in [1.29, 1.82) is 0 Å².